The summed E-state index contributed by atoms with van der Waals surface area (Å²) in [5.41, 5.74) is 6.46. The van der Waals surface area contributed by atoms with Gasteiger partial charge in [-0.05, 0) is 37.3 Å². The van der Waals surface area contributed by atoms with E-state index in [0.29, 0.717) is 16.5 Å². The van der Waals surface area contributed by atoms with Gasteiger partial charge in [-0.25, -0.2) is 4.98 Å². The molecule has 3 atom stereocenters. The summed E-state index contributed by atoms with van der Waals surface area (Å²) >= 11 is 1.41. The zero-order chi connectivity index (χ0) is 19.8. The normalized spacial score (nSPS) is 20.5. The number of H-pyrrole nitrogens is 1. The third-order valence-corrected chi connectivity index (χ3v) is 6.49. The van der Waals surface area contributed by atoms with Crippen LogP contribution in [0.5, 0.6) is 5.75 Å². The molecule has 4 rings (SSSR count). The van der Waals surface area contributed by atoms with E-state index in [-0.39, 0.29) is 5.25 Å². The van der Waals surface area contributed by atoms with E-state index in [1.54, 1.807) is 19.4 Å². The molecule has 0 radical (unpaired) electrons. The summed E-state index contributed by atoms with van der Waals surface area (Å²) < 4.78 is 17.2. The van der Waals surface area contributed by atoms with Crippen molar-refractivity contribution in [2.45, 2.75) is 22.6 Å². The first-order valence-electron chi connectivity index (χ1n) is 8.65. The standard InChI is InChI=1S/C19H20N4O3S2/c1-10-17(22-23-19(24)27-10)11-4-6-13-14(8-11)21-18(20-13)12-5-7-16(28(3)25)15(9-12)26-2/h4-10,19,23-24H,1-3H3,(H,20,21). The van der Waals surface area contributed by atoms with Crippen molar-refractivity contribution in [3.8, 4) is 17.1 Å². The molecule has 2 aromatic carbocycles. The van der Waals surface area contributed by atoms with Crippen molar-refractivity contribution in [3.05, 3.63) is 42.0 Å². The highest BCUT2D eigenvalue weighted by molar-refractivity contribution is 8.01. The summed E-state index contributed by atoms with van der Waals surface area (Å²) in [5, 5.41) is 14.0. The molecular weight excluding hydrogens is 396 g/mol. The van der Waals surface area contributed by atoms with Gasteiger partial charge in [-0.15, -0.1) is 0 Å². The van der Waals surface area contributed by atoms with Crippen LogP contribution in [-0.4, -0.2) is 49.2 Å². The van der Waals surface area contributed by atoms with Crippen LogP contribution in [0.25, 0.3) is 22.4 Å². The van der Waals surface area contributed by atoms with Gasteiger partial charge in [0.15, 0.2) is 5.56 Å². The van der Waals surface area contributed by atoms with Crippen LogP contribution in [-0.2, 0) is 10.8 Å². The summed E-state index contributed by atoms with van der Waals surface area (Å²) in [6.07, 6.45) is 1.63. The van der Waals surface area contributed by atoms with Crippen molar-refractivity contribution in [2.75, 3.05) is 13.4 Å². The molecule has 3 aromatic rings. The minimum atomic E-state index is -1.13. The number of hydrogen-bond acceptors (Lipinski definition) is 7. The molecule has 9 heteroatoms. The topological polar surface area (TPSA) is 99.6 Å². The van der Waals surface area contributed by atoms with Crippen LogP contribution in [0.1, 0.15) is 12.5 Å². The molecular formula is C19H20N4O3S2. The monoisotopic (exact) mass is 416 g/mol. The van der Waals surface area contributed by atoms with Crippen LogP contribution < -0.4 is 10.2 Å². The number of fused-ring (bicyclic) bond motifs is 1. The Bertz CT molecular complexity index is 1100. The fraction of sp³-hybridized carbons (Fsp3) is 0.263. The quantitative estimate of drug-likeness (QED) is 0.605. The minimum Gasteiger partial charge on any atom is -0.495 e. The number of nitrogens with one attached hydrogen (secondary N) is 2. The maximum Gasteiger partial charge on any atom is 0.188 e. The van der Waals surface area contributed by atoms with Crippen molar-refractivity contribution in [2.24, 2.45) is 5.10 Å². The first-order chi connectivity index (χ1) is 13.5. The largest absolute Gasteiger partial charge is 0.495 e. The van der Waals surface area contributed by atoms with Gasteiger partial charge >= 0.3 is 0 Å². The highest BCUT2D eigenvalue weighted by Crippen LogP contribution is 2.30. The highest BCUT2D eigenvalue weighted by atomic mass is 32.2. The van der Waals surface area contributed by atoms with E-state index >= 15 is 0 Å². The second-order valence-corrected chi connectivity index (χ2v) is 9.17. The second kappa shape index (κ2) is 7.57. The summed E-state index contributed by atoms with van der Waals surface area (Å²) in [5.74, 6) is 1.28. The van der Waals surface area contributed by atoms with E-state index < -0.39 is 16.4 Å². The van der Waals surface area contributed by atoms with Gasteiger partial charge in [0.1, 0.15) is 11.6 Å². The number of aliphatic hydroxyl groups excluding tert-OH is 1. The Morgan fingerprint density at radius 1 is 1.21 bits per heavy atom. The molecule has 146 valence electrons. The number of ether oxygens (including phenoxy) is 1. The van der Waals surface area contributed by atoms with Crippen LogP contribution in [0.4, 0.5) is 0 Å². The van der Waals surface area contributed by atoms with Crippen LogP contribution >= 0.6 is 11.8 Å². The number of imidazole rings is 1. The van der Waals surface area contributed by atoms with E-state index in [0.717, 1.165) is 27.9 Å². The molecule has 0 bridgehead atoms. The molecule has 0 amide bonds. The molecule has 1 aromatic heterocycles. The van der Waals surface area contributed by atoms with Gasteiger partial charge in [0.05, 0.1) is 44.8 Å². The number of aliphatic hydroxyl groups is 1. The van der Waals surface area contributed by atoms with Gasteiger partial charge in [0.25, 0.3) is 0 Å². The summed E-state index contributed by atoms with van der Waals surface area (Å²) in [4.78, 5) is 8.66. The Balaban J connectivity index is 1.72. The Morgan fingerprint density at radius 2 is 2.00 bits per heavy atom. The van der Waals surface area contributed by atoms with Crippen LogP contribution in [0, 0.1) is 0 Å². The number of hydrazone groups is 1. The maximum absolute atomic E-state index is 11.8. The molecule has 2 heterocycles. The number of aromatic nitrogens is 2. The fourth-order valence-electron chi connectivity index (χ4n) is 3.16. The third kappa shape index (κ3) is 3.52. The molecule has 3 N–H and O–H groups in total. The number of hydrogen-bond donors (Lipinski definition) is 3. The van der Waals surface area contributed by atoms with Crippen LogP contribution in [0.2, 0.25) is 0 Å². The average molecular weight is 417 g/mol. The molecule has 0 spiro atoms. The minimum absolute atomic E-state index is 0.0720. The third-order valence-electron chi connectivity index (χ3n) is 4.54. The van der Waals surface area contributed by atoms with Crippen molar-refractivity contribution in [1.82, 2.24) is 15.4 Å². The first-order valence-corrected chi connectivity index (χ1v) is 11.1. The summed E-state index contributed by atoms with van der Waals surface area (Å²) in [7, 11) is 0.438. The van der Waals surface area contributed by atoms with Gasteiger partial charge in [-0.3, -0.25) is 9.63 Å². The number of methoxy groups -OCH3 is 1. The smallest absolute Gasteiger partial charge is 0.188 e. The Morgan fingerprint density at radius 3 is 2.71 bits per heavy atom. The fourth-order valence-corrected chi connectivity index (χ4v) is 4.66. The average Bonchev–Trinajstić information content (AvgIpc) is 3.10. The van der Waals surface area contributed by atoms with Gasteiger partial charge in [0.2, 0.25) is 0 Å². The van der Waals surface area contributed by atoms with Gasteiger partial charge < -0.3 is 14.8 Å². The zero-order valence-electron chi connectivity index (χ0n) is 15.6. The lowest BCUT2D eigenvalue weighted by Crippen LogP contribution is -2.33. The highest BCUT2D eigenvalue weighted by Gasteiger charge is 2.23. The molecule has 0 saturated heterocycles. The number of thioether (sulfide) groups is 1. The second-order valence-electron chi connectivity index (χ2n) is 6.39. The first kappa shape index (κ1) is 19.0. The number of rotatable bonds is 4. The van der Waals surface area contributed by atoms with Crippen molar-refractivity contribution < 1.29 is 14.1 Å². The van der Waals surface area contributed by atoms with E-state index in [2.05, 4.69) is 20.5 Å². The van der Waals surface area contributed by atoms with Gasteiger partial charge in [0, 0.05) is 17.4 Å². The molecule has 3 unspecified atom stereocenters. The summed E-state index contributed by atoms with van der Waals surface area (Å²) in [6, 6.07) is 11.5. The number of nitrogens with zero attached hydrogens (tertiary/aromatic N) is 2. The van der Waals surface area contributed by atoms with Crippen LogP contribution in [0.3, 0.4) is 0 Å². The zero-order valence-corrected chi connectivity index (χ0v) is 17.2. The lowest BCUT2D eigenvalue weighted by molar-refractivity contribution is 0.225. The van der Waals surface area contributed by atoms with Crippen LogP contribution in [0.15, 0.2) is 46.4 Å². The molecule has 1 aliphatic rings. The van der Waals surface area contributed by atoms with E-state index in [9.17, 15) is 9.32 Å². The van der Waals surface area contributed by atoms with E-state index in [4.69, 9.17) is 4.74 Å². The van der Waals surface area contributed by atoms with Crippen molar-refractivity contribution in [3.63, 3.8) is 0 Å². The molecule has 0 fully saturated rings. The van der Waals surface area contributed by atoms with Gasteiger partial charge in [-0.1, -0.05) is 17.8 Å². The SMILES string of the molecule is COc1cc(-c2nc3ccc(C4=NNC(O)SC4C)cc3[nH]2)ccc1S(C)=O. The predicted molar refractivity (Wildman–Crippen MR) is 113 cm³/mol. The van der Waals surface area contributed by atoms with Crippen molar-refractivity contribution >= 4 is 39.3 Å². The predicted octanol–water partition coefficient (Wildman–Crippen LogP) is 2.68. The Hall–Kier alpha value is -2.36. The van der Waals surface area contributed by atoms with Crippen molar-refractivity contribution in [1.29, 1.82) is 0 Å². The van der Waals surface area contributed by atoms with Gasteiger partial charge in [-0.2, -0.15) is 5.10 Å². The molecule has 1 aliphatic heterocycles. The lowest BCUT2D eigenvalue weighted by Gasteiger charge is -2.23. The Kier molecular flexibility index (Phi) is 5.13. The molecule has 7 nitrogen and oxygen atoms in total. The molecule has 0 saturated carbocycles. The molecule has 28 heavy (non-hydrogen) atoms. The Labute approximate surface area is 169 Å². The number of aromatic amines is 1. The van der Waals surface area contributed by atoms with E-state index in [1.807, 2.05) is 37.3 Å². The summed E-state index contributed by atoms with van der Waals surface area (Å²) in [6.45, 7) is 2.02. The van der Waals surface area contributed by atoms with E-state index in [1.165, 1.54) is 11.8 Å². The maximum atomic E-state index is 11.8. The number of benzene rings is 2. The molecule has 0 aliphatic carbocycles. The lowest BCUT2D eigenvalue weighted by atomic mass is 10.1.